The van der Waals surface area contributed by atoms with Gasteiger partial charge < -0.3 is 24.8 Å². The van der Waals surface area contributed by atoms with E-state index in [4.69, 9.17) is 9.47 Å². The molecule has 11 atom stereocenters. The van der Waals surface area contributed by atoms with Crippen LogP contribution in [-0.4, -0.2) is 47.1 Å². The molecule has 1 aromatic rings. The molecule has 7 nitrogen and oxygen atoms in total. The summed E-state index contributed by atoms with van der Waals surface area (Å²) in [6.07, 6.45) is 13.0. The first-order chi connectivity index (χ1) is 21.7. The van der Waals surface area contributed by atoms with E-state index < -0.39 is 28.9 Å². The van der Waals surface area contributed by atoms with Crippen molar-refractivity contribution in [1.82, 2.24) is 0 Å². The SMILES string of the molecule is COc1cc(/C=C\C(=O)OC[C@]2(C)[C@@H]3CC[C@]4(C)[C@H](CC=C5[C@@H]6[C@@H](C)[C@H](C)CC[C@]6(C(=O)O)CC[C@H]54)[C@@]3(C)CC[C@@H]2O)ccc1O. The van der Waals surface area contributed by atoms with Crippen LogP contribution in [0.15, 0.2) is 35.9 Å². The summed E-state index contributed by atoms with van der Waals surface area (Å²) in [5, 5.41) is 31.9. The second-order valence-electron chi connectivity index (χ2n) is 16.4. The van der Waals surface area contributed by atoms with Gasteiger partial charge in [-0.25, -0.2) is 4.79 Å². The summed E-state index contributed by atoms with van der Waals surface area (Å²) >= 11 is 0. The third-order valence-electron chi connectivity index (χ3n) is 14.5. The Kier molecular flexibility index (Phi) is 8.43. The first-order valence-electron chi connectivity index (χ1n) is 17.5. The second kappa shape index (κ2) is 11.7. The molecule has 6 rings (SSSR count). The van der Waals surface area contributed by atoms with E-state index in [0.29, 0.717) is 41.4 Å². The standard InChI is InChI=1S/C39H54O7/c1-23-13-19-39(35(43)44)20-14-27-26(34(39)24(23)2)9-11-30-36(27,3)17-15-31-37(30,4)18-16-32(41)38(31,5)22-46-33(42)12-8-25-7-10-28(40)29(21-25)45-6/h7-10,12,21,23-24,27,30-32,34,40-41H,11,13-20,22H2,1-6H3,(H,43,44)/b12-8-/t23-,24+,27-,30+,31-,32+,34+,36+,37-,38-,39+/m1/s1. The molecular weight excluding hydrogens is 580 g/mol. The Bertz CT molecular complexity index is 1430. The van der Waals surface area contributed by atoms with Crippen LogP contribution in [0.3, 0.4) is 0 Å². The first-order valence-corrected chi connectivity index (χ1v) is 17.5. The number of benzene rings is 1. The van der Waals surface area contributed by atoms with Crippen LogP contribution >= 0.6 is 0 Å². The van der Waals surface area contributed by atoms with Crippen LogP contribution in [0.2, 0.25) is 0 Å². The summed E-state index contributed by atoms with van der Waals surface area (Å²) in [7, 11) is 1.48. The number of rotatable bonds is 6. The van der Waals surface area contributed by atoms with Crippen LogP contribution in [0.4, 0.5) is 0 Å². The van der Waals surface area contributed by atoms with Gasteiger partial charge in [0.15, 0.2) is 11.5 Å². The van der Waals surface area contributed by atoms with Gasteiger partial charge in [0.1, 0.15) is 0 Å². The molecule has 1 aromatic carbocycles. The third-order valence-corrected chi connectivity index (χ3v) is 14.5. The fourth-order valence-corrected chi connectivity index (χ4v) is 11.8. The Morgan fingerprint density at radius 2 is 1.70 bits per heavy atom. The van der Waals surface area contributed by atoms with Crippen molar-refractivity contribution in [3.63, 3.8) is 0 Å². The van der Waals surface area contributed by atoms with Gasteiger partial charge in [-0.3, -0.25) is 4.79 Å². The predicted molar refractivity (Wildman–Crippen MR) is 177 cm³/mol. The molecule has 4 saturated carbocycles. The molecular formula is C39H54O7. The largest absolute Gasteiger partial charge is 0.504 e. The normalized spacial score (nSPS) is 43.4. The van der Waals surface area contributed by atoms with E-state index in [-0.39, 0.29) is 35.0 Å². The number of esters is 1. The molecule has 4 fully saturated rings. The zero-order valence-electron chi connectivity index (χ0n) is 28.6. The molecule has 0 bridgehead atoms. The number of phenolic OH excluding ortho intramolecular Hbond substituents is 1. The number of aliphatic carboxylic acids is 1. The fraction of sp³-hybridized carbons (Fsp3) is 0.692. The summed E-state index contributed by atoms with van der Waals surface area (Å²) < 4.78 is 11.0. The van der Waals surface area contributed by atoms with E-state index >= 15 is 0 Å². The summed E-state index contributed by atoms with van der Waals surface area (Å²) in [6.45, 7) is 11.8. The lowest BCUT2D eigenvalue weighted by atomic mass is 9.36. The van der Waals surface area contributed by atoms with E-state index in [9.17, 15) is 24.9 Å². The minimum Gasteiger partial charge on any atom is -0.504 e. The van der Waals surface area contributed by atoms with Crippen LogP contribution in [0, 0.1) is 57.2 Å². The zero-order valence-corrected chi connectivity index (χ0v) is 28.6. The monoisotopic (exact) mass is 634 g/mol. The lowest BCUT2D eigenvalue weighted by Crippen LogP contribution is -2.63. The van der Waals surface area contributed by atoms with Gasteiger partial charge in [-0.15, -0.1) is 0 Å². The summed E-state index contributed by atoms with van der Waals surface area (Å²) in [4.78, 5) is 25.8. The molecule has 7 heteroatoms. The molecule has 0 heterocycles. The van der Waals surface area contributed by atoms with Crippen molar-refractivity contribution in [1.29, 1.82) is 0 Å². The Balaban J connectivity index is 1.23. The molecule has 0 amide bonds. The van der Waals surface area contributed by atoms with Gasteiger partial charge in [0.05, 0.1) is 25.2 Å². The van der Waals surface area contributed by atoms with Crippen LogP contribution in [0.5, 0.6) is 11.5 Å². The molecule has 0 radical (unpaired) electrons. The lowest BCUT2D eigenvalue weighted by molar-refractivity contribution is -0.207. The number of phenols is 1. The summed E-state index contributed by atoms with van der Waals surface area (Å²) in [6, 6.07) is 4.88. The minimum atomic E-state index is -0.626. The first kappa shape index (κ1) is 33.1. The highest BCUT2D eigenvalue weighted by Gasteiger charge is 2.66. The number of carbonyl (C=O) groups is 2. The molecule has 3 N–H and O–H groups in total. The number of carbonyl (C=O) groups excluding carboxylic acids is 1. The van der Waals surface area contributed by atoms with Crippen LogP contribution < -0.4 is 4.74 Å². The second-order valence-corrected chi connectivity index (χ2v) is 16.4. The van der Waals surface area contributed by atoms with E-state index in [1.54, 1.807) is 18.2 Å². The maximum Gasteiger partial charge on any atom is 0.330 e. The summed E-state index contributed by atoms with van der Waals surface area (Å²) in [5.74, 6) is 1.33. The summed E-state index contributed by atoms with van der Waals surface area (Å²) in [5.41, 5.74) is 1.01. The molecule has 5 aliphatic carbocycles. The number of ether oxygens (including phenoxy) is 2. The number of carboxylic acids is 1. The molecule has 0 aliphatic heterocycles. The number of allylic oxidation sites excluding steroid dienone is 2. The Labute approximate surface area is 274 Å². The molecule has 0 unspecified atom stereocenters. The van der Waals surface area contributed by atoms with Crippen molar-refractivity contribution in [2.75, 3.05) is 13.7 Å². The van der Waals surface area contributed by atoms with Gasteiger partial charge >= 0.3 is 11.9 Å². The number of hydrogen-bond donors (Lipinski definition) is 3. The van der Waals surface area contributed by atoms with Gasteiger partial charge in [-0.1, -0.05) is 52.3 Å². The highest BCUT2D eigenvalue weighted by molar-refractivity contribution is 5.87. The Morgan fingerprint density at radius 3 is 2.41 bits per heavy atom. The lowest BCUT2D eigenvalue weighted by Gasteiger charge is -2.68. The van der Waals surface area contributed by atoms with E-state index in [1.165, 1.54) is 24.8 Å². The highest BCUT2D eigenvalue weighted by Crippen LogP contribution is 2.72. The maximum atomic E-state index is 12.9. The average Bonchev–Trinajstić information content (AvgIpc) is 3.03. The highest BCUT2D eigenvalue weighted by atomic mass is 16.5. The number of methoxy groups -OCH3 is 1. The smallest absolute Gasteiger partial charge is 0.330 e. The maximum absolute atomic E-state index is 12.9. The number of fused-ring (bicyclic) bond motifs is 7. The van der Waals surface area contributed by atoms with Crippen molar-refractivity contribution >= 4 is 18.0 Å². The van der Waals surface area contributed by atoms with E-state index in [2.05, 4.69) is 40.7 Å². The predicted octanol–water partition coefficient (Wildman–Crippen LogP) is 7.65. The van der Waals surface area contributed by atoms with Crippen LogP contribution in [-0.2, 0) is 14.3 Å². The third kappa shape index (κ3) is 4.93. The van der Waals surface area contributed by atoms with Crippen molar-refractivity contribution in [2.24, 2.45) is 57.2 Å². The molecule has 0 spiro atoms. The topological polar surface area (TPSA) is 113 Å². The van der Waals surface area contributed by atoms with Gasteiger partial charge in [-0.05, 0) is 128 Å². The Morgan fingerprint density at radius 1 is 0.978 bits per heavy atom. The van der Waals surface area contributed by atoms with Crippen molar-refractivity contribution in [3.8, 4) is 11.5 Å². The van der Waals surface area contributed by atoms with Crippen LogP contribution in [0.1, 0.15) is 98.0 Å². The van der Waals surface area contributed by atoms with E-state index in [0.717, 1.165) is 51.4 Å². The number of aliphatic hydroxyl groups excluding tert-OH is 1. The Hall–Kier alpha value is -2.80. The van der Waals surface area contributed by atoms with Crippen LogP contribution in [0.25, 0.3) is 6.08 Å². The number of carboxylic acid groups (broad SMARTS) is 1. The quantitative estimate of drug-likeness (QED) is 0.167. The average molecular weight is 635 g/mol. The minimum absolute atomic E-state index is 0.0271. The van der Waals surface area contributed by atoms with E-state index in [1.807, 2.05) is 0 Å². The zero-order chi connectivity index (χ0) is 33.2. The molecule has 0 saturated heterocycles. The van der Waals surface area contributed by atoms with Gasteiger partial charge in [0.25, 0.3) is 0 Å². The van der Waals surface area contributed by atoms with Gasteiger partial charge in [0, 0.05) is 11.5 Å². The fourth-order valence-electron chi connectivity index (χ4n) is 11.8. The number of hydrogen-bond acceptors (Lipinski definition) is 6. The van der Waals surface area contributed by atoms with Gasteiger partial charge in [-0.2, -0.15) is 0 Å². The molecule has 252 valence electrons. The van der Waals surface area contributed by atoms with Crippen molar-refractivity contribution in [3.05, 3.63) is 41.5 Å². The van der Waals surface area contributed by atoms with Crippen molar-refractivity contribution < 1.29 is 34.4 Å². The molecule has 5 aliphatic rings. The number of aliphatic hydroxyl groups is 1. The van der Waals surface area contributed by atoms with Gasteiger partial charge in [0.2, 0.25) is 0 Å². The van der Waals surface area contributed by atoms with Crippen molar-refractivity contribution in [2.45, 2.75) is 98.5 Å². The molecule has 0 aromatic heterocycles. The number of aromatic hydroxyl groups is 1. The molecule has 46 heavy (non-hydrogen) atoms.